The normalized spacial score (nSPS) is 12.2. The highest BCUT2D eigenvalue weighted by atomic mass is 16.5. The summed E-state index contributed by atoms with van der Waals surface area (Å²) in [5, 5.41) is 26.7. The van der Waals surface area contributed by atoms with Crippen LogP contribution in [0.1, 0.15) is 37.9 Å². The number of aromatic nitrogens is 1. The summed E-state index contributed by atoms with van der Waals surface area (Å²) in [4.78, 5) is 58.8. The SMILES string of the molecule is NC(=O)C(CCC(=O)O)NC(=O)[C@H](CCC(=O)O)NC(=O)CCc1cc(-c2ccc(-c3ccccc3)cc2)no1. The summed E-state index contributed by atoms with van der Waals surface area (Å²) in [5.41, 5.74) is 8.80. The van der Waals surface area contributed by atoms with E-state index in [-0.39, 0.29) is 25.7 Å². The molecule has 1 heterocycles. The van der Waals surface area contributed by atoms with Crippen LogP contribution >= 0.6 is 0 Å². The molecule has 0 radical (unpaired) electrons. The van der Waals surface area contributed by atoms with Crippen LogP contribution in [-0.4, -0.2) is 57.1 Å². The Bertz CT molecular complexity index is 1340. The van der Waals surface area contributed by atoms with E-state index < -0.39 is 54.6 Å². The lowest BCUT2D eigenvalue weighted by molar-refractivity contribution is -0.139. The maximum absolute atomic E-state index is 12.7. The van der Waals surface area contributed by atoms with E-state index in [2.05, 4.69) is 15.8 Å². The van der Waals surface area contributed by atoms with Gasteiger partial charge in [0, 0.05) is 37.3 Å². The molecule has 0 spiro atoms. The number of nitrogens with two attached hydrogens (primary N) is 1. The Morgan fingerprint density at radius 2 is 1.35 bits per heavy atom. The number of aryl methyl sites for hydroxylation is 1. The van der Waals surface area contributed by atoms with Gasteiger partial charge in [0.1, 0.15) is 23.5 Å². The van der Waals surface area contributed by atoms with Crippen molar-refractivity contribution in [2.45, 2.75) is 50.6 Å². The molecule has 2 atom stereocenters. The number of nitrogens with zero attached hydrogens (tertiary/aromatic N) is 1. The molecule has 3 rings (SSSR count). The molecule has 0 bridgehead atoms. The monoisotopic (exact) mass is 550 g/mol. The van der Waals surface area contributed by atoms with Gasteiger partial charge in [-0.25, -0.2) is 0 Å². The molecule has 2 aromatic carbocycles. The molecule has 210 valence electrons. The fourth-order valence-corrected chi connectivity index (χ4v) is 3.90. The van der Waals surface area contributed by atoms with E-state index in [9.17, 15) is 24.0 Å². The van der Waals surface area contributed by atoms with Crippen LogP contribution in [0.5, 0.6) is 0 Å². The lowest BCUT2D eigenvalue weighted by Gasteiger charge is -2.21. The van der Waals surface area contributed by atoms with Gasteiger partial charge in [-0.1, -0.05) is 59.8 Å². The first-order valence-electron chi connectivity index (χ1n) is 12.6. The number of carboxylic acid groups (broad SMARTS) is 2. The number of aliphatic carboxylic acids is 2. The van der Waals surface area contributed by atoms with Gasteiger partial charge in [0.25, 0.3) is 0 Å². The minimum Gasteiger partial charge on any atom is -0.481 e. The second kappa shape index (κ2) is 14.2. The highest BCUT2D eigenvalue weighted by molar-refractivity contribution is 5.92. The maximum atomic E-state index is 12.7. The summed E-state index contributed by atoms with van der Waals surface area (Å²) >= 11 is 0. The zero-order chi connectivity index (χ0) is 29.1. The number of carboxylic acids is 2. The Morgan fingerprint density at radius 3 is 1.95 bits per heavy atom. The van der Waals surface area contributed by atoms with Gasteiger partial charge in [-0.05, 0) is 24.0 Å². The van der Waals surface area contributed by atoms with Gasteiger partial charge >= 0.3 is 11.9 Å². The molecule has 0 saturated heterocycles. The maximum Gasteiger partial charge on any atom is 0.303 e. The number of amides is 3. The van der Waals surface area contributed by atoms with Crippen molar-refractivity contribution in [1.29, 1.82) is 0 Å². The van der Waals surface area contributed by atoms with Crippen LogP contribution in [0, 0.1) is 0 Å². The van der Waals surface area contributed by atoms with Gasteiger partial charge in [0.05, 0.1) is 0 Å². The van der Waals surface area contributed by atoms with Gasteiger partial charge in [-0.2, -0.15) is 0 Å². The molecule has 0 aliphatic heterocycles. The second-order valence-electron chi connectivity index (χ2n) is 9.07. The highest BCUT2D eigenvalue weighted by Crippen LogP contribution is 2.25. The van der Waals surface area contributed by atoms with Gasteiger partial charge in [-0.15, -0.1) is 0 Å². The molecular weight excluding hydrogens is 520 g/mol. The molecular formula is C28H30N4O8. The molecule has 12 nitrogen and oxygen atoms in total. The topological polar surface area (TPSA) is 202 Å². The Hall–Kier alpha value is -5.00. The van der Waals surface area contributed by atoms with Gasteiger partial charge in [0.15, 0.2) is 0 Å². The summed E-state index contributed by atoms with van der Waals surface area (Å²) in [6.07, 6.45) is -1.27. The molecule has 3 aromatic rings. The first-order valence-corrected chi connectivity index (χ1v) is 12.6. The molecule has 0 aliphatic rings. The average molecular weight is 551 g/mol. The highest BCUT2D eigenvalue weighted by Gasteiger charge is 2.26. The first-order chi connectivity index (χ1) is 19.1. The van der Waals surface area contributed by atoms with Crippen LogP contribution in [0.3, 0.4) is 0 Å². The number of nitrogens with one attached hydrogen (secondary N) is 2. The molecule has 1 unspecified atom stereocenters. The van der Waals surface area contributed by atoms with Crippen LogP contribution in [0.15, 0.2) is 65.2 Å². The van der Waals surface area contributed by atoms with Crippen LogP contribution in [-0.2, 0) is 30.4 Å². The Labute approximate surface area is 229 Å². The fraction of sp³-hybridized carbons (Fsp3) is 0.286. The molecule has 0 saturated carbocycles. The number of primary amides is 1. The van der Waals surface area contributed by atoms with Crippen molar-refractivity contribution < 1.29 is 38.7 Å². The van der Waals surface area contributed by atoms with E-state index in [1.54, 1.807) is 6.07 Å². The lowest BCUT2D eigenvalue weighted by Crippen LogP contribution is -2.53. The third-order valence-corrected chi connectivity index (χ3v) is 6.05. The summed E-state index contributed by atoms with van der Waals surface area (Å²) in [5.74, 6) is -4.28. The van der Waals surface area contributed by atoms with Crippen LogP contribution in [0.4, 0.5) is 0 Å². The summed E-state index contributed by atoms with van der Waals surface area (Å²) in [6, 6.07) is 16.8. The van der Waals surface area contributed by atoms with Crippen LogP contribution in [0.2, 0.25) is 0 Å². The van der Waals surface area contributed by atoms with Crippen molar-refractivity contribution in [3.63, 3.8) is 0 Å². The molecule has 6 N–H and O–H groups in total. The van der Waals surface area contributed by atoms with Gasteiger partial charge < -0.3 is 31.1 Å². The minimum absolute atomic E-state index is 0.0866. The average Bonchev–Trinajstić information content (AvgIpc) is 3.41. The van der Waals surface area contributed by atoms with Crippen molar-refractivity contribution in [2.24, 2.45) is 5.73 Å². The van der Waals surface area contributed by atoms with Crippen LogP contribution < -0.4 is 16.4 Å². The van der Waals surface area contributed by atoms with E-state index in [4.69, 9.17) is 20.5 Å². The largest absolute Gasteiger partial charge is 0.481 e. The quantitative estimate of drug-likeness (QED) is 0.188. The fourth-order valence-electron chi connectivity index (χ4n) is 3.90. The smallest absolute Gasteiger partial charge is 0.303 e. The number of benzene rings is 2. The van der Waals surface area contributed by atoms with Crippen molar-refractivity contribution in [3.05, 3.63) is 66.4 Å². The number of rotatable bonds is 15. The Balaban J connectivity index is 1.58. The third kappa shape index (κ3) is 9.08. The molecule has 0 fully saturated rings. The number of carbonyl (C=O) groups excluding carboxylic acids is 3. The predicted molar refractivity (Wildman–Crippen MR) is 142 cm³/mol. The Kier molecular flexibility index (Phi) is 10.5. The van der Waals surface area contributed by atoms with E-state index in [0.29, 0.717) is 11.5 Å². The van der Waals surface area contributed by atoms with E-state index in [1.165, 1.54) is 0 Å². The zero-order valence-electron chi connectivity index (χ0n) is 21.5. The molecule has 1 aromatic heterocycles. The van der Waals surface area contributed by atoms with E-state index in [1.807, 2.05) is 54.6 Å². The summed E-state index contributed by atoms with van der Waals surface area (Å²) in [6.45, 7) is 0. The number of hydrogen-bond donors (Lipinski definition) is 5. The Morgan fingerprint density at radius 1 is 0.775 bits per heavy atom. The van der Waals surface area contributed by atoms with Crippen molar-refractivity contribution in [3.8, 4) is 22.4 Å². The molecule has 12 heteroatoms. The van der Waals surface area contributed by atoms with E-state index in [0.717, 1.165) is 16.7 Å². The summed E-state index contributed by atoms with van der Waals surface area (Å²) in [7, 11) is 0. The van der Waals surface area contributed by atoms with Crippen molar-refractivity contribution in [1.82, 2.24) is 15.8 Å². The third-order valence-electron chi connectivity index (χ3n) is 6.05. The van der Waals surface area contributed by atoms with Gasteiger partial charge in [-0.3, -0.25) is 24.0 Å². The number of hydrogen-bond acceptors (Lipinski definition) is 7. The summed E-state index contributed by atoms with van der Waals surface area (Å²) < 4.78 is 5.35. The predicted octanol–water partition coefficient (Wildman–Crippen LogP) is 2.13. The van der Waals surface area contributed by atoms with E-state index >= 15 is 0 Å². The lowest BCUT2D eigenvalue weighted by atomic mass is 10.0. The zero-order valence-corrected chi connectivity index (χ0v) is 21.5. The van der Waals surface area contributed by atoms with Crippen molar-refractivity contribution >= 4 is 29.7 Å². The molecule has 3 amide bonds. The standard InChI is InChI=1S/C28H30N4O8/c29-27(38)21(11-14-25(34)35)31-28(39)22(12-15-26(36)37)30-24(33)13-10-20-16-23(32-40-20)19-8-6-18(7-9-19)17-4-2-1-3-5-17/h1-9,16,21-22H,10-15H2,(H2,29,38)(H,30,33)(H,31,39)(H,34,35)(H,36,37)/t21?,22-/m0/s1. The molecule has 40 heavy (non-hydrogen) atoms. The number of carbonyl (C=O) groups is 5. The van der Waals surface area contributed by atoms with Crippen molar-refractivity contribution in [2.75, 3.05) is 0 Å². The van der Waals surface area contributed by atoms with Gasteiger partial charge in [0.2, 0.25) is 17.7 Å². The first kappa shape index (κ1) is 29.6. The van der Waals surface area contributed by atoms with Crippen LogP contribution in [0.25, 0.3) is 22.4 Å². The molecule has 0 aliphatic carbocycles. The minimum atomic E-state index is -1.29. The second-order valence-corrected chi connectivity index (χ2v) is 9.07.